The Bertz CT molecular complexity index is 680. The number of nitrogens with zero attached hydrogens (tertiary/aromatic N) is 2. The summed E-state index contributed by atoms with van der Waals surface area (Å²) in [6.07, 6.45) is -3.82. The van der Waals surface area contributed by atoms with Crippen molar-refractivity contribution in [3.63, 3.8) is 0 Å². The van der Waals surface area contributed by atoms with Gasteiger partial charge in [0.2, 0.25) is 11.8 Å². The van der Waals surface area contributed by atoms with E-state index in [4.69, 9.17) is 0 Å². The quantitative estimate of drug-likeness (QED) is 0.800. The van der Waals surface area contributed by atoms with Gasteiger partial charge < -0.3 is 9.80 Å². The maximum absolute atomic E-state index is 12.9. The predicted molar refractivity (Wildman–Crippen MR) is 89.5 cm³/mol. The van der Waals surface area contributed by atoms with Gasteiger partial charge in [-0.2, -0.15) is 13.2 Å². The molecule has 136 valence electrons. The smallest absolute Gasteiger partial charge is 0.333 e. The van der Waals surface area contributed by atoms with E-state index in [1.54, 1.807) is 16.7 Å². The van der Waals surface area contributed by atoms with Gasteiger partial charge in [0.1, 0.15) is 6.54 Å². The SMILES string of the molecule is CC1CCN(C(=O)C2CC(=O)N(CC(F)(F)F)C2)c2ccccc2S1. The topological polar surface area (TPSA) is 40.6 Å². The van der Waals surface area contributed by atoms with Gasteiger partial charge in [0, 0.05) is 29.7 Å². The molecule has 1 aromatic carbocycles. The van der Waals surface area contributed by atoms with Crippen LogP contribution in [0.3, 0.4) is 0 Å². The number of para-hydroxylation sites is 1. The molecule has 2 atom stereocenters. The highest BCUT2D eigenvalue weighted by Gasteiger charge is 2.42. The number of alkyl halides is 3. The second-order valence-corrected chi connectivity index (χ2v) is 7.95. The van der Waals surface area contributed by atoms with Gasteiger partial charge in [-0.15, -0.1) is 11.8 Å². The van der Waals surface area contributed by atoms with E-state index >= 15 is 0 Å². The van der Waals surface area contributed by atoms with E-state index in [-0.39, 0.29) is 18.9 Å². The van der Waals surface area contributed by atoms with Gasteiger partial charge in [-0.25, -0.2) is 0 Å². The van der Waals surface area contributed by atoms with Crippen LogP contribution in [0, 0.1) is 5.92 Å². The number of hydrogen-bond donors (Lipinski definition) is 0. The van der Waals surface area contributed by atoms with E-state index in [1.165, 1.54) is 0 Å². The third-order valence-electron chi connectivity index (χ3n) is 4.44. The molecule has 3 rings (SSSR count). The van der Waals surface area contributed by atoms with Crippen molar-refractivity contribution < 1.29 is 22.8 Å². The summed E-state index contributed by atoms with van der Waals surface area (Å²) in [6, 6.07) is 7.53. The molecule has 2 unspecified atom stereocenters. The number of carbonyl (C=O) groups excluding carboxylic acids is 2. The van der Waals surface area contributed by atoms with Crippen LogP contribution in [0.1, 0.15) is 19.8 Å². The Hall–Kier alpha value is -1.70. The minimum Gasteiger partial charge on any atom is -0.333 e. The average Bonchev–Trinajstić information content (AvgIpc) is 2.78. The summed E-state index contributed by atoms with van der Waals surface area (Å²) in [6.45, 7) is 1.13. The summed E-state index contributed by atoms with van der Waals surface area (Å²) in [5, 5.41) is 0.339. The van der Waals surface area contributed by atoms with Crippen LogP contribution in [-0.4, -0.2) is 47.8 Å². The maximum atomic E-state index is 12.9. The molecule has 2 heterocycles. The summed E-state index contributed by atoms with van der Waals surface area (Å²) < 4.78 is 37.7. The molecule has 2 amide bonds. The molecule has 8 heteroatoms. The largest absolute Gasteiger partial charge is 0.406 e. The minimum absolute atomic E-state index is 0.156. The predicted octanol–water partition coefficient (Wildman–Crippen LogP) is 3.31. The fourth-order valence-electron chi connectivity index (χ4n) is 3.24. The van der Waals surface area contributed by atoms with Gasteiger partial charge >= 0.3 is 6.18 Å². The molecule has 1 fully saturated rings. The zero-order valence-corrected chi connectivity index (χ0v) is 14.6. The van der Waals surface area contributed by atoms with Gasteiger partial charge in [-0.1, -0.05) is 19.1 Å². The van der Waals surface area contributed by atoms with E-state index in [0.29, 0.717) is 11.8 Å². The lowest BCUT2D eigenvalue weighted by molar-refractivity contribution is -0.157. The van der Waals surface area contributed by atoms with Crippen molar-refractivity contribution in [1.82, 2.24) is 4.90 Å². The highest BCUT2D eigenvalue weighted by molar-refractivity contribution is 8.00. The fraction of sp³-hybridized carbons (Fsp3) is 0.529. The Morgan fingerprint density at radius 2 is 2.04 bits per heavy atom. The summed E-state index contributed by atoms with van der Waals surface area (Å²) >= 11 is 1.69. The minimum atomic E-state index is -4.45. The number of thioether (sulfide) groups is 1. The zero-order valence-electron chi connectivity index (χ0n) is 13.8. The van der Waals surface area contributed by atoms with Crippen molar-refractivity contribution in [3.05, 3.63) is 24.3 Å². The summed E-state index contributed by atoms with van der Waals surface area (Å²) in [7, 11) is 0. The van der Waals surface area contributed by atoms with Gasteiger partial charge in [-0.3, -0.25) is 9.59 Å². The van der Waals surface area contributed by atoms with Gasteiger partial charge in [0.25, 0.3) is 0 Å². The highest BCUT2D eigenvalue weighted by Crippen LogP contribution is 2.38. The van der Waals surface area contributed by atoms with Crippen LogP contribution in [0.25, 0.3) is 0 Å². The monoisotopic (exact) mass is 372 g/mol. The Kier molecular flexibility index (Phi) is 4.99. The molecule has 0 saturated carbocycles. The average molecular weight is 372 g/mol. The van der Waals surface area contributed by atoms with Gasteiger partial charge in [-0.05, 0) is 18.6 Å². The molecular weight excluding hydrogens is 353 g/mol. The molecule has 2 aliphatic heterocycles. The van der Waals surface area contributed by atoms with Crippen molar-refractivity contribution in [3.8, 4) is 0 Å². The lowest BCUT2D eigenvalue weighted by Crippen LogP contribution is -2.39. The molecule has 0 aliphatic carbocycles. The number of rotatable bonds is 2. The molecule has 2 aliphatic rings. The number of amides is 2. The van der Waals surface area contributed by atoms with Crippen molar-refractivity contribution in [1.29, 1.82) is 0 Å². The van der Waals surface area contributed by atoms with E-state index in [2.05, 4.69) is 6.92 Å². The zero-order chi connectivity index (χ0) is 18.2. The van der Waals surface area contributed by atoms with Crippen LogP contribution in [-0.2, 0) is 9.59 Å². The van der Waals surface area contributed by atoms with Crippen molar-refractivity contribution >= 4 is 29.3 Å². The van der Waals surface area contributed by atoms with Crippen molar-refractivity contribution in [2.45, 2.75) is 36.1 Å². The molecule has 1 saturated heterocycles. The van der Waals surface area contributed by atoms with Crippen molar-refractivity contribution in [2.24, 2.45) is 5.92 Å². The lowest BCUT2D eigenvalue weighted by Gasteiger charge is -2.25. The second kappa shape index (κ2) is 6.90. The van der Waals surface area contributed by atoms with E-state index < -0.39 is 24.5 Å². The van der Waals surface area contributed by atoms with Crippen LogP contribution in [0.15, 0.2) is 29.2 Å². The summed E-state index contributed by atoms with van der Waals surface area (Å²) in [4.78, 5) is 28.2. The molecule has 0 N–H and O–H groups in total. The third-order valence-corrected chi connectivity index (χ3v) is 5.68. The van der Waals surface area contributed by atoms with E-state index in [1.807, 2.05) is 24.3 Å². The molecule has 25 heavy (non-hydrogen) atoms. The van der Waals surface area contributed by atoms with E-state index in [0.717, 1.165) is 21.9 Å². The Morgan fingerprint density at radius 1 is 1.32 bits per heavy atom. The van der Waals surface area contributed by atoms with E-state index in [9.17, 15) is 22.8 Å². The molecule has 4 nitrogen and oxygen atoms in total. The maximum Gasteiger partial charge on any atom is 0.406 e. The lowest BCUT2D eigenvalue weighted by atomic mass is 10.1. The van der Waals surface area contributed by atoms with Crippen LogP contribution in [0.2, 0.25) is 0 Å². The van der Waals surface area contributed by atoms with Crippen LogP contribution in [0.5, 0.6) is 0 Å². The Morgan fingerprint density at radius 3 is 2.76 bits per heavy atom. The standard InChI is InChI=1S/C17H19F3N2O2S/c1-11-6-7-22(13-4-2-3-5-14(13)25-11)16(24)12-8-15(23)21(9-12)10-17(18,19)20/h2-5,11-12H,6-10H2,1H3. The van der Waals surface area contributed by atoms with Crippen molar-refractivity contribution in [2.75, 3.05) is 24.5 Å². The number of likely N-dealkylation sites (tertiary alicyclic amines) is 1. The Labute approximate surface area is 148 Å². The normalized spacial score (nSPS) is 24.2. The molecule has 0 spiro atoms. The van der Waals surface area contributed by atoms with Gasteiger partial charge in [0.05, 0.1) is 11.6 Å². The number of halogens is 3. The molecule has 0 aromatic heterocycles. The number of fused-ring (bicyclic) bond motifs is 1. The first-order chi connectivity index (χ1) is 11.7. The Balaban J connectivity index is 1.78. The summed E-state index contributed by atoms with van der Waals surface area (Å²) in [5.74, 6) is -1.59. The first kappa shape index (κ1) is 18.1. The molecular formula is C17H19F3N2O2S. The molecule has 0 bridgehead atoms. The summed E-state index contributed by atoms with van der Waals surface area (Å²) in [5.41, 5.74) is 0.781. The first-order valence-electron chi connectivity index (χ1n) is 8.16. The molecule has 0 radical (unpaired) electrons. The van der Waals surface area contributed by atoms with Crippen LogP contribution in [0.4, 0.5) is 18.9 Å². The van der Waals surface area contributed by atoms with Crippen LogP contribution < -0.4 is 4.90 Å². The number of hydrogen-bond acceptors (Lipinski definition) is 3. The van der Waals surface area contributed by atoms with Crippen LogP contribution >= 0.6 is 11.8 Å². The van der Waals surface area contributed by atoms with Gasteiger partial charge in [0.15, 0.2) is 0 Å². The molecule has 1 aromatic rings. The fourth-order valence-corrected chi connectivity index (χ4v) is 4.36. The number of carbonyl (C=O) groups is 2. The second-order valence-electron chi connectivity index (χ2n) is 6.47. The number of benzene rings is 1. The number of anilines is 1. The first-order valence-corrected chi connectivity index (χ1v) is 9.04. The highest BCUT2D eigenvalue weighted by atomic mass is 32.2. The third kappa shape index (κ3) is 4.11.